The van der Waals surface area contributed by atoms with Crippen molar-refractivity contribution in [1.82, 2.24) is 20.0 Å². The van der Waals surface area contributed by atoms with E-state index < -0.39 is 0 Å². The van der Waals surface area contributed by atoms with Gasteiger partial charge in [0, 0.05) is 57.9 Å². The van der Waals surface area contributed by atoms with Gasteiger partial charge in [0.1, 0.15) is 0 Å². The van der Waals surface area contributed by atoms with E-state index in [4.69, 9.17) is 16.3 Å². The average Bonchev–Trinajstić information content (AvgIpc) is 3.30. The zero-order valence-corrected chi connectivity index (χ0v) is 21.6. The fourth-order valence-corrected chi connectivity index (χ4v) is 4.28. The van der Waals surface area contributed by atoms with Gasteiger partial charge in [0.05, 0.1) is 19.3 Å². The topological polar surface area (TPSA) is 60.4 Å². The normalized spacial score (nSPS) is 18.6. The molecule has 0 spiro atoms. The number of likely N-dealkylation sites (tertiary alicyclic amines) is 1. The number of aliphatic imine (C=N–C) groups is 1. The summed E-state index contributed by atoms with van der Waals surface area (Å²) in [5.74, 6) is 1.17. The molecule has 1 N–H and O–H groups in total. The van der Waals surface area contributed by atoms with Crippen LogP contribution in [0.2, 0.25) is 5.02 Å². The fourth-order valence-electron chi connectivity index (χ4n) is 4.06. The average molecular weight is 564 g/mol. The number of carbonyl (C=O) groups excluding carboxylic acids is 1. The van der Waals surface area contributed by atoms with Crippen molar-refractivity contribution < 1.29 is 9.53 Å². The number of hydrogen-bond acceptors (Lipinski definition) is 4. The smallest absolute Gasteiger partial charge is 0.239 e. The molecule has 2 fully saturated rings. The summed E-state index contributed by atoms with van der Waals surface area (Å²) < 4.78 is 5.74. The van der Waals surface area contributed by atoms with Crippen LogP contribution in [-0.2, 0) is 16.1 Å². The first-order valence-electron chi connectivity index (χ1n) is 10.9. The quantitative estimate of drug-likeness (QED) is 0.239. The maximum absolute atomic E-state index is 12.7. The van der Waals surface area contributed by atoms with Crippen molar-refractivity contribution in [3.63, 3.8) is 0 Å². The second kappa shape index (κ2) is 13.4. The molecule has 0 radical (unpaired) electrons. The van der Waals surface area contributed by atoms with Crippen LogP contribution in [0.1, 0.15) is 25.3 Å². The third kappa shape index (κ3) is 7.76. The monoisotopic (exact) mass is 563 g/mol. The van der Waals surface area contributed by atoms with Crippen LogP contribution in [0.3, 0.4) is 0 Å². The minimum absolute atomic E-state index is 0. The van der Waals surface area contributed by atoms with Crippen LogP contribution < -0.4 is 5.32 Å². The molecule has 0 saturated carbocycles. The Hall–Kier alpha value is -1.10. The van der Waals surface area contributed by atoms with E-state index in [1.807, 2.05) is 36.1 Å². The van der Waals surface area contributed by atoms with Gasteiger partial charge in [0.15, 0.2) is 5.96 Å². The first-order chi connectivity index (χ1) is 14.6. The Balaban J connectivity index is 0.00000341. The number of amides is 1. The lowest BCUT2D eigenvalue weighted by atomic mass is 10.2. The first kappa shape index (κ1) is 26.2. The molecule has 1 unspecified atom stereocenters. The van der Waals surface area contributed by atoms with E-state index in [1.54, 1.807) is 7.05 Å². The summed E-state index contributed by atoms with van der Waals surface area (Å²) in [5, 5.41) is 4.11. The van der Waals surface area contributed by atoms with Gasteiger partial charge in [-0.25, -0.2) is 0 Å². The van der Waals surface area contributed by atoms with Crippen molar-refractivity contribution in [2.45, 2.75) is 32.4 Å². The molecule has 2 saturated heterocycles. The second-order valence-corrected chi connectivity index (χ2v) is 8.32. The van der Waals surface area contributed by atoms with E-state index in [0.29, 0.717) is 19.8 Å². The van der Waals surface area contributed by atoms with Gasteiger partial charge in [-0.1, -0.05) is 23.7 Å². The molecule has 0 aromatic heterocycles. The number of nitrogens with one attached hydrogen (secondary N) is 1. The zero-order chi connectivity index (χ0) is 21.3. The zero-order valence-electron chi connectivity index (χ0n) is 18.6. The highest BCUT2D eigenvalue weighted by Gasteiger charge is 2.30. The Morgan fingerprint density at radius 3 is 2.52 bits per heavy atom. The van der Waals surface area contributed by atoms with Crippen LogP contribution in [0, 0.1) is 0 Å². The molecule has 1 aromatic carbocycles. The molecule has 0 aliphatic carbocycles. The van der Waals surface area contributed by atoms with Gasteiger partial charge in [-0.15, -0.1) is 24.0 Å². The Bertz CT molecular complexity index is 722. The molecule has 0 bridgehead atoms. The number of piperazine rings is 1. The van der Waals surface area contributed by atoms with E-state index in [1.165, 1.54) is 0 Å². The number of ether oxygens (including phenoxy) is 1. The number of nitrogens with zero attached hydrogens (tertiary/aromatic N) is 4. The number of benzene rings is 1. The molecular weight excluding hydrogens is 529 g/mol. The van der Waals surface area contributed by atoms with Crippen molar-refractivity contribution in [2.24, 2.45) is 4.99 Å². The summed E-state index contributed by atoms with van der Waals surface area (Å²) >= 11 is 6.00. The molecule has 2 heterocycles. The number of hydrogen-bond donors (Lipinski definition) is 1. The highest BCUT2D eigenvalue weighted by atomic mass is 127. The van der Waals surface area contributed by atoms with Crippen molar-refractivity contribution in [3.8, 4) is 0 Å². The summed E-state index contributed by atoms with van der Waals surface area (Å²) in [5.41, 5.74) is 1.07. The van der Waals surface area contributed by atoms with Gasteiger partial charge in [-0.3, -0.25) is 14.7 Å². The molecule has 1 aromatic rings. The van der Waals surface area contributed by atoms with Gasteiger partial charge in [0.25, 0.3) is 0 Å². The minimum atomic E-state index is -0.0416. The van der Waals surface area contributed by atoms with Crippen LogP contribution in [0.25, 0.3) is 0 Å². The Morgan fingerprint density at radius 1 is 1.16 bits per heavy atom. The SMILES string of the molecule is CN=C(NCCOCc1cccc(Cl)c1)N1CCN(C(C)C(=O)N2CCCC2)CC1.I. The lowest BCUT2D eigenvalue weighted by Crippen LogP contribution is -2.57. The summed E-state index contributed by atoms with van der Waals surface area (Å²) in [6.45, 7) is 9.16. The number of halogens is 2. The summed E-state index contributed by atoms with van der Waals surface area (Å²) in [6.07, 6.45) is 2.27. The predicted molar refractivity (Wildman–Crippen MR) is 136 cm³/mol. The van der Waals surface area contributed by atoms with E-state index in [0.717, 1.165) is 68.7 Å². The minimum Gasteiger partial charge on any atom is -0.375 e. The molecule has 3 rings (SSSR count). The number of carbonyl (C=O) groups is 1. The first-order valence-corrected chi connectivity index (χ1v) is 11.3. The highest BCUT2D eigenvalue weighted by Crippen LogP contribution is 2.14. The van der Waals surface area contributed by atoms with Crippen molar-refractivity contribution in [1.29, 1.82) is 0 Å². The van der Waals surface area contributed by atoms with Gasteiger partial charge in [-0.2, -0.15) is 0 Å². The highest BCUT2D eigenvalue weighted by molar-refractivity contribution is 14.0. The molecule has 2 aliphatic heterocycles. The van der Waals surface area contributed by atoms with E-state index in [9.17, 15) is 4.79 Å². The van der Waals surface area contributed by atoms with Crippen molar-refractivity contribution >= 4 is 47.4 Å². The second-order valence-electron chi connectivity index (χ2n) is 7.89. The summed E-state index contributed by atoms with van der Waals surface area (Å²) in [7, 11) is 1.81. The van der Waals surface area contributed by atoms with Crippen LogP contribution in [-0.4, -0.2) is 92.1 Å². The lowest BCUT2D eigenvalue weighted by molar-refractivity contribution is -0.135. The van der Waals surface area contributed by atoms with Crippen LogP contribution >= 0.6 is 35.6 Å². The van der Waals surface area contributed by atoms with Gasteiger partial charge in [0.2, 0.25) is 5.91 Å². The third-order valence-electron chi connectivity index (χ3n) is 5.84. The van der Waals surface area contributed by atoms with E-state index in [-0.39, 0.29) is 35.9 Å². The van der Waals surface area contributed by atoms with E-state index >= 15 is 0 Å². The standard InChI is InChI=1S/C22H34ClN5O2.HI/c1-18(21(29)27-9-3-4-10-27)26-11-13-28(14-12-26)22(24-2)25-8-15-30-17-19-6-5-7-20(23)16-19;/h5-7,16,18H,3-4,8-15,17H2,1-2H3,(H,24,25);1H. The van der Waals surface area contributed by atoms with Gasteiger partial charge < -0.3 is 19.9 Å². The van der Waals surface area contributed by atoms with E-state index in [2.05, 4.69) is 20.1 Å². The largest absolute Gasteiger partial charge is 0.375 e. The molecule has 2 aliphatic rings. The maximum Gasteiger partial charge on any atom is 0.239 e. The van der Waals surface area contributed by atoms with Crippen LogP contribution in [0.15, 0.2) is 29.3 Å². The molecule has 31 heavy (non-hydrogen) atoms. The number of rotatable bonds is 7. The molecule has 1 atom stereocenters. The van der Waals surface area contributed by atoms with Gasteiger partial charge >= 0.3 is 0 Å². The Kier molecular flexibility index (Phi) is 11.3. The third-order valence-corrected chi connectivity index (χ3v) is 6.07. The molecule has 174 valence electrons. The summed E-state index contributed by atoms with van der Waals surface area (Å²) in [4.78, 5) is 23.6. The molecular formula is C22H35ClIN5O2. The predicted octanol–water partition coefficient (Wildman–Crippen LogP) is 2.68. The lowest BCUT2D eigenvalue weighted by Gasteiger charge is -2.39. The van der Waals surface area contributed by atoms with Gasteiger partial charge in [-0.05, 0) is 37.5 Å². The molecule has 1 amide bonds. The Morgan fingerprint density at radius 2 is 1.87 bits per heavy atom. The molecule has 9 heteroatoms. The van der Waals surface area contributed by atoms with Crippen molar-refractivity contribution in [2.75, 3.05) is 59.5 Å². The maximum atomic E-state index is 12.7. The van der Waals surface area contributed by atoms with Crippen molar-refractivity contribution in [3.05, 3.63) is 34.9 Å². The van der Waals surface area contributed by atoms with Crippen LogP contribution in [0.5, 0.6) is 0 Å². The fraction of sp³-hybridized carbons (Fsp3) is 0.636. The molecule has 7 nitrogen and oxygen atoms in total. The van der Waals surface area contributed by atoms with Crippen LogP contribution in [0.4, 0.5) is 0 Å². The summed E-state index contributed by atoms with van der Waals surface area (Å²) in [6, 6.07) is 7.68. The number of guanidine groups is 1. The Labute approximate surface area is 208 Å².